The van der Waals surface area contributed by atoms with Crippen LogP contribution in [0.25, 0.3) is 0 Å². The summed E-state index contributed by atoms with van der Waals surface area (Å²) in [4.78, 5) is 0. The van der Waals surface area contributed by atoms with Crippen molar-refractivity contribution in [1.82, 2.24) is 0 Å². The van der Waals surface area contributed by atoms with Crippen LogP contribution < -0.4 is 11.1 Å². The number of hydrogen-bond donors (Lipinski definition) is 2. The number of nitrogens with one attached hydrogen (secondary N) is 1. The van der Waals surface area contributed by atoms with Gasteiger partial charge in [0.25, 0.3) is 0 Å². The van der Waals surface area contributed by atoms with Crippen LogP contribution in [0.2, 0.25) is 5.02 Å². The van der Waals surface area contributed by atoms with Gasteiger partial charge >= 0.3 is 0 Å². The number of rotatable bonds is 2. The molecule has 1 saturated carbocycles. The van der Waals surface area contributed by atoms with Crippen molar-refractivity contribution in [2.75, 3.05) is 11.1 Å². The first-order valence-corrected chi connectivity index (χ1v) is 6.28. The SMILES string of the molecule is CC1CCC(Nc2cccc(Cl)c2N)C1C. The lowest BCUT2D eigenvalue weighted by Gasteiger charge is -2.22. The van der Waals surface area contributed by atoms with Crippen LogP contribution in [0.1, 0.15) is 26.7 Å². The van der Waals surface area contributed by atoms with E-state index in [1.807, 2.05) is 18.2 Å². The number of nitrogen functional groups attached to an aromatic ring is 1. The quantitative estimate of drug-likeness (QED) is 0.770. The summed E-state index contributed by atoms with van der Waals surface area (Å²) in [5, 5.41) is 4.15. The summed E-state index contributed by atoms with van der Waals surface area (Å²) in [6.45, 7) is 4.61. The van der Waals surface area contributed by atoms with Gasteiger partial charge in [-0.05, 0) is 36.8 Å². The molecule has 3 N–H and O–H groups in total. The van der Waals surface area contributed by atoms with Gasteiger partial charge in [-0.1, -0.05) is 31.5 Å². The van der Waals surface area contributed by atoms with E-state index in [0.717, 1.165) is 11.6 Å². The molecule has 0 spiro atoms. The molecule has 0 aromatic heterocycles. The van der Waals surface area contributed by atoms with Gasteiger partial charge in [0, 0.05) is 6.04 Å². The van der Waals surface area contributed by atoms with Crippen LogP contribution in [0.3, 0.4) is 0 Å². The maximum absolute atomic E-state index is 6.00. The van der Waals surface area contributed by atoms with Crippen LogP contribution >= 0.6 is 11.6 Å². The second kappa shape index (κ2) is 4.54. The highest BCUT2D eigenvalue weighted by Crippen LogP contribution is 2.35. The monoisotopic (exact) mass is 238 g/mol. The number of para-hydroxylation sites is 1. The van der Waals surface area contributed by atoms with Crippen molar-refractivity contribution in [3.63, 3.8) is 0 Å². The summed E-state index contributed by atoms with van der Waals surface area (Å²) in [5.74, 6) is 1.48. The van der Waals surface area contributed by atoms with E-state index in [2.05, 4.69) is 19.2 Å². The normalized spacial score (nSPS) is 29.3. The van der Waals surface area contributed by atoms with E-state index >= 15 is 0 Å². The lowest BCUT2D eigenvalue weighted by atomic mass is 9.97. The van der Waals surface area contributed by atoms with Crippen molar-refractivity contribution in [1.29, 1.82) is 0 Å². The molecule has 0 heterocycles. The molecule has 0 saturated heterocycles. The minimum absolute atomic E-state index is 0.524. The summed E-state index contributed by atoms with van der Waals surface area (Å²) in [7, 11) is 0. The molecule has 1 aromatic carbocycles. The van der Waals surface area contributed by atoms with Crippen LogP contribution in [0, 0.1) is 11.8 Å². The van der Waals surface area contributed by atoms with Gasteiger partial charge in [-0.25, -0.2) is 0 Å². The Morgan fingerprint density at radius 2 is 2.06 bits per heavy atom. The Hall–Kier alpha value is -0.890. The van der Waals surface area contributed by atoms with Gasteiger partial charge in [-0.2, -0.15) is 0 Å². The standard InChI is InChI=1S/C13H19ClN2/c1-8-6-7-11(9(8)2)16-12-5-3-4-10(14)13(12)15/h3-5,8-9,11,16H,6-7,15H2,1-2H3. The zero-order chi connectivity index (χ0) is 11.7. The first kappa shape index (κ1) is 11.6. The number of hydrogen-bond acceptors (Lipinski definition) is 2. The summed E-state index contributed by atoms with van der Waals surface area (Å²) in [5.41, 5.74) is 7.58. The summed E-state index contributed by atoms with van der Waals surface area (Å²) >= 11 is 6.00. The van der Waals surface area contributed by atoms with Gasteiger partial charge < -0.3 is 11.1 Å². The highest BCUT2D eigenvalue weighted by molar-refractivity contribution is 6.33. The van der Waals surface area contributed by atoms with Crippen molar-refractivity contribution in [3.05, 3.63) is 23.2 Å². The smallest absolute Gasteiger partial charge is 0.0739 e. The van der Waals surface area contributed by atoms with Gasteiger partial charge in [0.2, 0.25) is 0 Å². The third-order valence-corrected chi connectivity index (χ3v) is 4.19. The molecule has 1 aromatic rings. The second-order valence-corrected chi connectivity index (χ2v) is 5.27. The Morgan fingerprint density at radius 3 is 2.69 bits per heavy atom. The maximum Gasteiger partial charge on any atom is 0.0739 e. The third-order valence-electron chi connectivity index (χ3n) is 3.86. The fraction of sp³-hybridized carbons (Fsp3) is 0.538. The minimum atomic E-state index is 0.524. The zero-order valence-corrected chi connectivity index (χ0v) is 10.6. The molecular formula is C13H19ClN2. The number of benzene rings is 1. The fourth-order valence-electron chi connectivity index (χ4n) is 2.43. The van der Waals surface area contributed by atoms with Gasteiger partial charge in [-0.3, -0.25) is 0 Å². The van der Waals surface area contributed by atoms with Crippen molar-refractivity contribution in [2.45, 2.75) is 32.7 Å². The average Bonchev–Trinajstić information content (AvgIpc) is 2.57. The molecule has 3 atom stereocenters. The Morgan fingerprint density at radius 1 is 1.31 bits per heavy atom. The van der Waals surface area contributed by atoms with E-state index in [-0.39, 0.29) is 0 Å². The van der Waals surface area contributed by atoms with E-state index < -0.39 is 0 Å². The Labute approximate surface area is 102 Å². The first-order valence-electron chi connectivity index (χ1n) is 5.90. The molecule has 3 unspecified atom stereocenters. The molecule has 16 heavy (non-hydrogen) atoms. The molecule has 1 aliphatic carbocycles. The first-order chi connectivity index (χ1) is 7.59. The Bertz CT molecular complexity index is 378. The van der Waals surface area contributed by atoms with E-state index in [0.29, 0.717) is 22.7 Å². The van der Waals surface area contributed by atoms with Gasteiger partial charge in [0.05, 0.1) is 16.4 Å². The highest BCUT2D eigenvalue weighted by Gasteiger charge is 2.29. The maximum atomic E-state index is 6.00. The molecule has 0 bridgehead atoms. The molecule has 2 nitrogen and oxygen atoms in total. The Kier molecular flexibility index (Phi) is 3.29. The topological polar surface area (TPSA) is 38.0 Å². The molecule has 0 radical (unpaired) electrons. The second-order valence-electron chi connectivity index (χ2n) is 4.87. The molecule has 0 amide bonds. The van der Waals surface area contributed by atoms with Crippen molar-refractivity contribution < 1.29 is 0 Å². The largest absolute Gasteiger partial charge is 0.396 e. The van der Waals surface area contributed by atoms with Crippen molar-refractivity contribution in [2.24, 2.45) is 11.8 Å². The number of nitrogens with two attached hydrogens (primary N) is 1. The number of anilines is 2. The lowest BCUT2D eigenvalue weighted by Crippen LogP contribution is -2.24. The molecule has 3 heteroatoms. The van der Waals surface area contributed by atoms with Gasteiger partial charge in [0.1, 0.15) is 0 Å². The van der Waals surface area contributed by atoms with E-state index in [4.69, 9.17) is 17.3 Å². The van der Waals surface area contributed by atoms with Gasteiger partial charge in [0.15, 0.2) is 0 Å². The summed E-state index contributed by atoms with van der Waals surface area (Å²) in [6.07, 6.45) is 2.51. The van der Waals surface area contributed by atoms with Crippen LogP contribution in [-0.2, 0) is 0 Å². The fourth-order valence-corrected chi connectivity index (χ4v) is 2.61. The molecule has 1 fully saturated rings. The van der Waals surface area contributed by atoms with Gasteiger partial charge in [-0.15, -0.1) is 0 Å². The molecular weight excluding hydrogens is 220 g/mol. The van der Waals surface area contributed by atoms with Crippen LogP contribution in [-0.4, -0.2) is 6.04 Å². The van der Waals surface area contributed by atoms with E-state index in [1.54, 1.807) is 0 Å². The zero-order valence-electron chi connectivity index (χ0n) is 9.83. The van der Waals surface area contributed by atoms with Crippen LogP contribution in [0.4, 0.5) is 11.4 Å². The average molecular weight is 239 g/mol. The minimum Gasteiger partial charge on any atom is -0.396 e. The predicted molar refractivity (Wildman–Crippen MR) is 70.8 cm³/mol. The lowest BCUT2D eigenvalue weighted by molar-refractivity contribution is 0.435. The highest BCUT2D eigenvalue weighted by atomic mass is 35.5. The number of halogens is 1. The van der Waals surface area contributed by atoms with E-state index in [1.165, 1.54) is 12.8 Å². The molecule has 2 rings (SSSR count). The Balaban J connectivity index is 2.12. The van der Waals surface area contributed by atoms with E-state index in [9.17, 15) is 0 Å². The molecule has 88 valence electrons. The summed E-state index contributed by atoms with van der Waals surface area (Å²) in [6, 6.07) is 6.28. The van der Waals surface area contributed by atoms with Crippen molar-refractivity contribution in [3.8, 4) is 0 Å². The molecule has 0 aliphatic heterocycles. The molecule has 1 aliphatic rings. The van der Waals surface area contributed by atoms with Crippen LogP contribution in [0.15, 0.2) is 18.2 Å². The predicted octanol–water partition coefficient (Wildman–Crippen LogP) is 3.77. The van der Waals surface area contributed by atoms with Crippen molar-refractivity contribution >= 4 is 23.0 Å². The third kappa shape index (κ3) is 2.12. The summed E-state index contributed by atoms with van der Waals surface area (Å²) < 4.78 is 0. The van der Waals surface area contributed by atoms with Crippen LogP contribution in [0.5, 0.6) is 0 Å².